The van der Waals surface area contributed by atoms with Gasteiger partial charge in [-0.25, -0.2) is 0 Å². The maximum atomic E-state index is 12.0. The lowest BCUT2D eigenvalue weighted by molar-refractivity contribution is -0.115. The Morgan fingerprint density at radius 3 is 2.76 bits per heavy atom. The Morgan fingerprint density at radius 1 is 1.29 bits per heavy atom. The first-order chi connectivity index (χ1) is 10.0. The Hall–Kier alpha value is -2.40. The SMILES string of the molecule is CN(C)Cc1cccc(NC(=O)Cc2ccc(N)cn2)c1. The topological polar surface area (TPSA) is 71.2 Å². The van der Waals surface area contributed by atoms with Crippen molar-refractivity contribution in [3.05, 3.63) is 53.9 Å². The number of aromatic nitrogens is 1. The van der Waals surface area contributed by atoms with Crippen LogP contribution in [0.2, 0.25) is 0 Å². The van der Waals surface area contributed by atoms with Gasteiger partial charge in [0.1, 0.15) is 0 Å². The summed E-state index contributed by atoms with van der Waals surface area (Å²) in [6, 6.07) is 11.3. The van der Waals surface area contributed by atoms with Crippen LogP contribution in [0.15, 0.2) is 42.6 Å². The molecule has 0 bridgehead atoms. The third-order valence-corrected chi connectivity index (χ3v) is 2.90. The Bertz CT molecular complexity index is 608. The Kier molecular flexibility index (Phi) is 4.90. The maximum Gasteiger partial charge on any atom is 0.230 e. The van der Waals surface area contributed by atoms with Gasteiger partial charge in [0.15, 0.2) is 0 Å². The standard InChI is InChI=1S/C16H20N4O/c1-20(2)11-12-4-3-5-15(8-12)19-16(21)9-14-7-6-13(17)10-18-14/h3-8,10H,9,11,17H2,1-2H3,(H,19,21). The molecule has 0 fully saturated rings. The molecular weight excluding hydrogens is 264 g/mol. The lowest BCUT2D eigenvalue weighted by atomic mass is 10.2. The Morgan fingerprint density at radius 2 is 2.10 bits per heavy atom. The van der Waals surface area contributed by atoms with Crippen LogP contribution >= 0.6 is 0 Å². The van der Waals surface area contributed by atoms with Gasteiger partial charge in [0, 0.05) is 17.9 Å². The fraction of sp³-hybridized carbons (Fsp3) is 0.250. The molecule has 0 saturated carbocycles. The molecule has 2 aromatic rings. The van der Waals surface area contributed by atoms with Crippen molar-refractivity contribution < 1.29 is 4.79 Å². The minimum Gasteiger partial charge on any atom is -0.397 e. The number of nitrogens with one attached hydrogen (secondary N) is 1. The second-order valence-corrected chi connectivity index (χ2v) is 5.25. The Balaban J connectivity index is 1.97. The monoisotopic (exact) mass is 284 g/mol. The van der Waals surface area contributed by atoms with Crippen molar-refractivity contribution in [3.8, 4) is 0 Å². The van der Waals surface area contributed by atoms with Gasteiger partial charge in [0.05, 0.1) is 18.3 Å². The molecule has 5 nitrogen and oxygen atoms in total. The van der Waals surface area contributed by atoms with E-state index in [4.69, 9.17) is 5.73 Å². The lowest BCUT2D eigenvalue weighted by Crippen LogP contribution is -2.16. The van der Waals surface area contributed by atoms with E-state index in [0.29, 0.717) is 11.4 Å². The van der Waals surface area contributed by atoms with Crippen LogP contribution in [0.25, 0.3) is 0 Å². The number of benzene rings is 1. The van der Waals surface area contributed by atoms with Crippen LogP contribution in [-0.2, 0) is 17.8 Å². The average molecular weight is 284 g/mol. The smallest absolute Gasteiger partial charge is 0.230 e. The van der Waals surface area contributed by atoms with E-state index >= 15 is 0 Å². The molecule has 1 heterocycles. The van der Waals surface area contributed by atoms with Gasteiger partial charge in [-0.05, 0) is 43.9 Å². The molecule has 1 amide bonds. The second-order valence-electron chi connectivity index (χ2n) is 5.25. The van der Waals surface area contributed by atoms with Gasteiger partial charge in [-0.15, -0.1) is 0 Å². The molecule has 0 aliphatic rings. The second kappa shape index (κ2) is 6.85. The number of nitrogens with two attached hydrogens (primary N) is 1. The first-order valence-electron chi connectivity index (χ1n) is 6.77. The predicted molar refractivity (Wildman–Crippen MR) is 84.8 cm³/mol. The van der Waals surface area contributed by atoms with E-state index in [1.807, 2.05) is 38.4 Å². The Labute approximate surface area is 124 Å². The van der Waals surface area contributed by atoms with Crippen molar-refractivity contribution in [1.82, 2.24) is 9.88 Å². The van der Waals surface area contributed by atoms with E-state index < -0.39 is 0 Å². The number of pyridine rings is 1. The minimum absolute atomic E-state index is 0.0886. The zero-order valence-corrected chi connectivity index (χ0v) is 12.3. The van der Waals surface area contributed by atoms with Crippen molar-refractivity contribution in [2.45, 2.75) is 13.0 Å². The molecule has 0 atom stereocenters. The summed E-state index contributed by atoms with van der Waals surface area (Å²) in [6.45, 7) is 0.837. The van der Waals surface area contributed by atoms with E-state index in [0.717, 1.165) is 17.8 Å². The third-order valence-electron chi connectivity index (χ3n) is 2.90. The first kappa shape index (κ1) is 15.0. The molecule has 0 spiro atoms. The first-order valence-corrected chi connectivity index (χ1v) is 6.77. The van der Waals surface area contributed by atoms with E-state index in [-0.39, 0.29) is 12.3 Å². The number of hydrogen-bond acceptors (Lipinski definition) is 4. The quantitative estimate of drug-likeness (QED) is 0.880. The van der Waals surface area contributed by atoms with E-state index in [9.17, 15) is 4.79 Å². The molecule has 0 aliphatic heterocycles. The molecule has 1 aromatic heterocycles. The van der Waals surface area contributed by atoms with Gasteiger partial charge in [-0.3, -0.25) is 9.78 Å². The van der Waals surface area contributed by atoms with Crippen LogP contribution in [-0.4, -0.2) is 29.9 Å². The molecule has 0 unspecified atom stereocenters. The molecule has 0 radical (unpaired) electrons. The molecule has 110 valence electrons. The number of rotatable bonds is 5. The molecule has 5 heteroatoms. The van der Waals surface area contributed by atoms with E-state index in [2.05, 4.69) is 15.2 Å². The zero-order valence-electron chi connectivity index (χ0n) is 12.3. The summed E-state index contributed by atoms with van der Waals surface area (Å²) >= 11 is 0. The number of carbonyl (C=O) groups is 1. The van der Waals surface area contributed by atoms with Crippen LogP contribution in [0.3, 0.4) is 0 Å². The summed E-state index contributed by atoms with van der Waals surface area (Å²) in [5.41, 5.74) is 8.82. The molecule has 2 rings (SSSR count). The largest absolute Gasteiger partial charge is 0.397 e. The summed E-state index contributed by atoms with van der Waals surface area (Å²) in [6.07, 6.45) is 1.79. The van der Waals surface area contributed by atoms with E-state index in [1.54, 1.807) is 18.3 Å². The van der Waals surface area contributed by atoms with Gasteiger partial charge in [-0.2, -0.15) is 0 Å². The summed E-state index contributed by atoms with van der Waals surface area (Å²) in [5, 5.41) is 2.89. The van der Waals surface area contributed by atoms with Crippen LogP contribution in [0, 0.1) is 0 Å². The highest BCUT2D eigenvalue weighted by molar-refractivity contribution is 5.92. The van der Waals surface area contributed by atoms with Crippen molar-refractivity contribution >= 4 is 17.3 Å². The minimum atomic E-state index is -0.0886. The number of anilines is 2. The number of carbonyl (C=O) groups excluding carboxylic acids is 1. The summed E-state index contributed by atoms with van der Waals surface area (Å²) in [5.74, 6) is -0.0886. The number of nitrogens with zero attached hydrogens (tertiary/aromatic N) is 2. The average Bonchev–Trinajstić information content (AvgIpc) is 2.41. The lowest BCUT2D eigenvalue weighted by Gasteiger charge is -2.11. The summed E-state index contributed by atoms with van der Waals surface area (Å²) in [4.78, 5) is 18.2. The van der Waals surface area contributed by atoms with Gasteiger partial charge in [-0.1, -0.05) is 12.1 Å². The van der Waals surface area contributed by atoms with Crippen LogP contribution in [0.1, 0.15) is 11.3 Å². The third kappa shape index (κ3) is 4.89. The molecule has 3 N–H and O–H groups in total. The van der Waals surface area contributed by atoms with Gasteiger partial charge in [0.25, 0.3) is 0 Å². The van der Waals surface area contributed by atoms with Crippen molar-refractivity contribution in [2.24, 2.45) is 0 Å². The van der Waals surface area contributed by atoms with Gasteiger partial charge < -0.3 is 16.0 Å². The van der Waals surface area contributed by atoms with E-state index in [1.165, 1.54) is 0 Å². The molecule has 0 aliphatic carbocycles. The van der Waals surface area contributed by atoms with Crippen LogP contribution < -0.4 is 11.1 Å². The molecule has 21 heavy (non-hydrogen) atoms. The van der Waals surface area contributed by atoms with Gasteiger partial charge in [0.2, 0.25) is 5.91 Å². The van der Waals surface area contributed by atoms with Crippen molar-refractivity contribution in [3.63, 3.8) is 0 Å². The van der Waals surface area contributed by atoms with Gasteiger partial charge >= 0.3 is 0 Å². The summed E-state index contributed by atoms with van der Waals surface area (Å²) < 4.78 is 0. The molecule has 1 aromatic carbocycles. The number of hydrogen-bond donors (Lipinski definition) is 2. The molecule has 0 saturated heterocycles. The number of nitrogen functional groups attached to an aromatic ring is 1. The van der Waals surface area contributed by atoms with Crippen molar-refractivity contribution in [2.75, 3.05) is 25.1 Å². The normalized spacial score (nSPS) is 10.6. The molecular formula is C16H20N4O. The van der Waals surface area contributed by atoms with Crippen LogP contribution in [0.5, 0.6) is 0 Å². The highest BCUT2D eigenvalue weighted by Crippen LogP contribution is 2.12. The summed E-state index contributed by atoms with van der Waals surface area (Å²) in [7, 11) is 4.02. The maximum absolute atomic E-state index is 12.0. The van der Waals surface area contributed by atoms with Crippen molar-refractivity contribution in [1.29, 1.82) is 0 Å². The predicted octanol–water partition coefficient (Wildman–Crippen LogP) is 1.91. The number of amides is 1. The highest BCUT2D eigenvalue weighted by Gasteiger charge is 2.06. The van der Waals surface area contributed by atoms with Crippen LogP contribution in [0.4, 0.5) is 11.4 Å². The zero-order chi connectivity index (χ0) is 15.2. The fourth-order valence-corrected chi connectivity index (χ4v) is 2.02. The fourth-order valence-electron chi connectivity index (χ4n) is 2.02. The highest BCUT2D eigenvalue weighted by atomic mass is 16.1.